The van der Waals surface area contributed by atoms with Gasteiger partial charge in [0.05, 0.1) is 0 Å². The molecule has 5 heteroatoms. The van der Waals surface area contributed by atoms with Crippen LogP contribution in [0.3, 0.4) is 0 Å². The molecule has 0 unspecified atom stereocenters. The molecule has 1 aromatic carbocycles. The molecule has 1 saturated carbocycles. The maximum absolute atomic E-state index is 12.1. The van der Waals surface area contributed by atoms with Gasteiger partial charge in [0.2, 0.25) is 5.91 Å². The Bertz CT molecular complexity index is 510. The Morgan fingerprint density at radius 3 is 2.30 bits per heavy atom. The Labute approximate surface area is 138 Å². The van der Waals surface area contributed by atoms with E-state index in [0.717, 1.165) is 25.7 Å². The number of amides is 2. The first-order valence-corrected chi connectivity index (χ1v) is 8.45. The Morgan fingerprint density at radius 2 is 1.65 bits per heavy atom. The van der Waals surface area contributed by atoms with Gasteiger partial charge in [-0.25, -0.2) is 0 Å². The van der Waals surface area contributed by atoms with Gasteiger partial charge in [0.15, 0.2) is 0 Å². The van der Waals surface area contributed by atoms with Crippen LogP contribution in [0.15, 0.2) is 30.3 Å². The quantitative estimate of drug-likeness (QED) is 0.671. The molecular weight excluding hydrogens is 290 g/mol. The van der Waals surface area contributed by atoms with Crippen LogP contribution in [0.1, 0.15) is 48.9 Å². The van der Waals surface area contributed by atoms with E-state index in [9.17, 15) is 9.59 Å². The third kappa shape index (κ3) is 5.36. The number of hydrogen-bond acceptors (Lipinski definition) is 3. The normalized spacial score (nSPS) is 16.6. The lowest BCUT2D eigenvalue weighted by Gasteiger charge is -2.35. The largest absolute Gasteiger partial charge is 0.354 e. The van der Waals surface area contributed by atoms with Gasteiger partial charge in [0.25, 0.3) is 5.91 Å². The van der Waals surface area contributed by atoms with Gasteiger partial charge in [-0.15, -0.1) is 0 Å². The molecule has 5 nitrogen and oxygen atoms in total. The molecule has 0 radical (unpaired) electrons. The third-order valence-electron chi connectivity index (χ3n) is 4.65. The molecule has 0 saturated heterocycles. The minimum Gasteiger partial charge on any atom is -0.354 e. The molecule has 0 atom stereocenters. The molecule has 0 spiro atoms. The lowest BCUT2D eigenvalue weighted by molar-refractivity contribution is -0.123. The van der Waals surface area contributed by atoms with Crippen molar-refractivity contribution in [2.75, 3.05) is 19.6 Å². The fourth-order valence-corrected chi connectivity index (χ4v) is 3.23. The fourth-order valence-electron chi connectivity index (χ4n) is 3.23. The molecule has 1 aromatic rings. The zero-order valence-electron chi connectivity index (χ0n) is 13.6. The molecule has 2 amide bonds. The lowest BCUT2D eigenvalue weighted by atomic mass is 9.71. The summed E-state index contributed by atoms with van der Waals surface area (Å²) in [7, 11) is 0. The third-order valence-corrected chi connectivity index (χ3v) is 4.65. The SMILES string of the molecule is NCC1(CC(=O)NCCNC(=O)c2ccccc2)CCCCC1. The van der Waals surface area contributed by atoms with Gasteiger partial charge in [-0.3, -0.25) is 9.59 Å². The van der Waals surface area contributed by atoms with E-state index in [2.05, 4.69) is 10.6 Å². The first-order valence-electron chi connectivity index (χ1n) is 8.45. The maximum atomic E-state index is 12.1. The minimum atomic E-state index is -0.120. The zero-order chi connectivity index (χ0) is 16.5. The molecule has 0 heterocycles. The fraction of sp³-hybridized carbons (Fsp3) is 0.556. The highest BCUT2D eigenvalue weighted by molar-refractivity contribution is 5.94. The maximum Gasteiger partial charge on any atom is 0.251 e. The first-order chi connectivity index (χ1) is 11.2. The van der Waals surface area contributed by atoms with Gasteiger partial charge in [-0.2, -0.15) is 0 Å². The molecule has 0 bridgehead atoms. The average molecular weight is 317 g/mol. The number of hydrogen-bond donors (Lipinski definition) is 3. The molecule has 126 valence electrons. The molecule has 0 aliphatic heterocycles. The summed E-state index contributed by atoms with van der Waals surface area (Å²) in [5.41, 5.74) is 6.52. The second-order valence-corrected chi connectivity index (χ2v) is 6.41. The van der Waals surface area contributed by atoms with Crippen molar-refractivity contribution in [3.63, 3.8) is 0 Å². The second kappa shape index (κ2) is 8.67. The van der Waals surface area contributed by atoms with Crippen LogP contribution in [0.5, 0.6) is 0 Å². The van der Waals surface area contributed by atoms with Crippen molar-refractivity contribution in [2.45, 2.75) is 38.5 Å². The Kier molecular flexibility index (Phi) is 6.59. The van der Waals surface area contributed by atoms with Gasteiger partial charge in [0, 0.05) is 25.1 Å². The number of nitrogens with two attached hydrogens (primary N) is 1. The van der Waals surface area contributed by atoms with Gasteiger partial charge in [-0.05, 0) is 36.9 Å². The van der Waals surface area contributed by atoms with Crippen molar-refractivity contribution in [1.82, 2.24) is 10.6 Å². The smallest absolute Gasteiger partial charge is 0.251 e. The van der Waals surface area contributed by atoms with E-state index in [1.54, 1.807) is 12.1 Å². The van der Waals surface area contributed by atoms with Gasteiger partial charge in [0.1, 0.15) is 0 Å². The van der Waals surface area contributed by atoms with E-state index in [0.29, 0.717) is 31.6 Å². The summed E-state index contributed by atoms with van der Waals surface area (Å²) < 4.78 is 0. The Balaban J connectivity index is 1.67. The van der Waals surface area contributed by atoms with Crippen LogP contribution in [-0.4, -0.2) is 31.4 Å². The van der Waals surface area contributed by atoms with Crippen LogP contribution >= 0.6 is 0 Å². The molecule has 23 heavy (non-hydrogen) atoms. The van der Waals surface area contributed by atoms with Crippen molar-refractivity contribution in [3.05, 3.63) is 35.9 Å². The van der Waals surface area contributed by atoms with E-state index < -0.39 is 0 Å². The molecule has 1 aliphatic rings. The number of carbonyl (C=O) groups excluding carboxylic acids is 2. The second-order valence-electron chi connectivity index (χ2n) is 6.41. The molecule has 1 fully saturated rings. The van der Waals surface area contributed by atoms with E-state index >= 15 is 0 Å². The molecule has 0 aromatic heterocycles. The van der Waals surface area contributed by atoms with Crippen LogP contribution in [-0.2, 0) is 4.79 Å². The summed E-state index contributed by atoms with van der Waals surface area (Å²) in [4.78, 5) is 24.0. The summed E-state index contributed by atoms with van der Waals surface area (Å²) in [6.07, 6.45) is 6.16. The summed E-state index contributed by atoms with van der Waals surface area (Å²) in [5.74, 6) is -0.0862. The monoisotopic (exact) mass is 317 g/mol. The summed E-state index contributed by atoms with van der Waals surface area (Å²) in [6.45, 7) is 1.44. The number of carbonyl (C=O) groups is 2. The molecular formula is C18H27N3O2. The number of nitrogens with one attached hydrogen (secondary N) is 2. The highest BCUT2D eigenvalue weighted by atomic mass is 16.2. The van der Waals surface area contributed by atoms with Crippen molar-refractivity contribution >= 4 is 11.8 Å². The van der Waals surface area contributed by atoms with Crippen molar-refractivity contribution in [3.8, 4) is 0 Å². The van der Waals surface area contributed by atoms with Gasteiger partial charge >= 0.3 is 0 Å². The lowest BCUT2D eigenvalue weighted by Crippen LogP contribution is -2.40. The zero-order valence-corrected chi connectivity index (χ0v) is 13.6. The van der Waals surface area contributed by atoms with E-state index in [1.807, 2.05) is 18.2 Å². The molecule has 1 aliphatic carbocycles. The summed E-state index contributed by atoms with van der Waals surface area (Å²) in [5, 5.41) is 5.69. The first kappa shape index (κ1) is 17.5. The number of benzene rings is 1. The highest BCUT2D eigenvalue weighted by Gasteiger charge is 2.32. The predicted octanol–water partition coefficient (Wildman–Crippen LogP) is 1.83. The van der Waals surface area contributed by atoms with Crippen LogP contribution in [0.2, 0.25) is 0 Å². The topological polar surface area (TPSA) is 84.2 Å². The highest BCUT2D eigenvalue weighted by Crippen LogP contribution is 2.38. The average Bonchev–Trinajstić information content (AvgIpc) is 2.60. The Morgan fingerprint density at radius 1 is 1.00 bits per heavy atom. The van der Waals surface area contributed by atoms with E-state index in [-0.39, 0.29) is 17.2 Å². The van der Waals surface area contributed by atoms with Gasteiger partial charge < -0.3 is 16.4 Å². The summed E-state index contributed by atoms with van der Waals surface area (Å²) >= 11 is 0. The van der Waals surface area contributed by atoms with Crippen LogP contribution in [0.25, 0.3) is 0 Å². The standard InChI is InChI=1S/C18H27N3O2/c19-14-18(9-5-2-6-10-18)13-16(22)20-11-12-21-17(23)15-7-3-1-4-8-15/h1,3-4,7-8H,2,5-6,9-14,19H2,(H,20,22)(H,21,23). The van der Waals surface area contributed by atoms with Crippen LogP contribution in [0, 0.1) is 5.41 Å². The minimum absolute atomic E-state index is 0.0182. The van der Waals surface area contributed by atoms with Crippen LogP contribution < -0.4 is 16.4 Å². The molecule has 4 N–H and O–H groups in total. The van der Waals surface area contributed by atoms with E-state index in [4.69, 9.17) is 5.73 Å². The Hall–Kier alpha value is -1.88. The predicted molar refractivity (Wildman–Crippen MR) is 91.0 cm³/mol. The molecule has 2 rings (SSSR count). The van der Waals surface area contributed by atoms with Gasteiger partial charge in [-0.1, -0.05) is 37.5 Å². The van der Waals surface area contributed by atoms with E-state index in [1.165, 1.54) is 6.42 Å². The van der Waals surface area contributed by atoms with Crippen LogP contribution in [0.4, 0.5) is 0 Å². The van der Waals surface area contributed by atoms with Crippen molar-refractivity contribution in [2.24, 2.45) is 11.1 Å². The number of rotatable bonds is 7. The van der Waals surface area contributed by atoms with Crippen molar-refractivity contribution in [1.29, 1.82) is 0 Å². The summed E-state index contributed by atoms with van der Waals surface area (Å²) in [6, 6.07) is 9.06. The van der Waals surface area contributed by atoms with Crippen molar-refractivity contribution < 1.29 is 9.59 Å².